The minimum Gasteiger partial charge on any atom is -0.340 e. The molecule has 3 aliphatic rings. The van der Waals surface area contributed by atoms with Gasteiger partial charge in [0.05, 0.1) is 6.54 Å². The lowest BCUT2D eigenvalue weighted by atomic mass is 10.1. The fraction of sp³-hybridized carbons (Fsp3) is 0.526. The van der Waals surface area contributed by atoms with Crippen molar-refractivity contribution in [3.63, 3.8) is 0 Å². The largest absolute Gasteiger partial charge is 0.340 e. The summed E-state index contributed by atoms with van der Waals surface area (Å²) in [7, 11) is 0. The molecule has 4 rings (SSSR count). The summed E-state index contributed by atoms with van der Waals surface area (Å²) in [5.41, 5.74) is 2.88. The van der Waals surface area contributed by atoms with Gasteiger partial charge in [-0.1, -0.05) is 24.3 Å². The molecular weight excluding hydrogens is 332 g/mol. The Morgan fingerprint density at radius 1 is 1.04 bits per heavy atom. The van der Waals surface area contributed by atoms with Gasteiger partial charge >= 0.3 is 6.03 Å². The number of hydrogen-bond acceptors (Lipinski definition) is 4. The Labute approximate surface area is 152 Å². The molecule has 0 spiro atoms. The first-order chi connectivity index (χ1) is 12.6. The van der Waals surface area contributed by atoms with Gasteiger partial charge in [-0.15, -0.1) is 0 Å². The molecule has 0 atom stereocenters. The minimum atomic E-state index is -0.469. The first-order valence-electron chi connectivity index (χ1n) is 9.28. The number of urea groups is 1. The van der Waals surface area contributed by atoms with Gasteiger partial charge in [-0.2, -0.15) is 0 Å². The molecule has 7 heteroatoms. The Hall–Kier alpha value is -2.41. The van der Waals surface area contributed by atoms with E-state index in [4.69, 9.17) is 0 Å². The van der Waals surface area contributed by atoms with E-state index in [1.165, 1.54) is 11.1 Å². The molecule has 7 nitrogen and oxygen atoms in total. The molecular formula is C19H24N4O3. The van der Waals surface area contributed by atoms with Crippen LogP contribution in [0.4, 0.5) is 4.79 Å². The van der Waals surface area contributed by atoms with Crippen LogP contribution in [0.25, 0.3) is 0 Å². The van der Waals surface area contributed by atoms with Crippen molar-refractivity contribution in [2.24, 2.45) is 0 Å². The summed E-state index contributed by atoms with van der Waals surface area (Å²) in [4.78, 5) is 41.1. The predicted molar refractivity (Wildman–Crippen MR) is 95.5 cm³/mol. The molecule has 1 N–H and O–H groups in total. The van der Waals surface area contributed by atoms with Crippen LogP contribution in [0, 0.1) is 0 Å². The van der Waals surface area contributed by atoms with Crippen LogP contribution in [-0.4, -0.2) is 77.9 Å². The number of carbonyl (C=O) groups is 3. The van der Waals surface area contributed by atoms with Crippen LogP contribution in [0.3, 0.4) is 0 Å². The van der Waals surface area contributed by atoms with E-state index in [-0.39, 0.29) is 24.9 Å². The highest BCUT2D eigenvalue weighted by Gasteiger charge is 2.33. The van der Waals surface area contributed by atoms with Crippen LogP contribution >= 0.6 is 0 Å². The summed E-state index contributed by atoms with van der Waals surface area (Å²) >= 11 is 0. The number of nitrogens with one attached hydrogen (secondary N) is 1. The van der Waals surface area contributed by atoms with E-state index >= 15 is 0 Å². The zero-order valence-corrected chi connectivity index (χ0v) is 14.8. The molecule has 26 heavy (non-hydrogen) atoms. The van der Waals surface area contributed by atoms with Crippen LogP contribution in [0.2, 0.25) is 0 Å². The van der Waals surface area contributed by atoms with E-state index in [9.17, 15) is 14.4 Å². The number of amides is 4. The zero-order chi connectivity index (χ0) is 18.1. The van der Waals surface area contributed by atoms with E-state index in [0.29, 0.717) is 19.1 Å². The Kier molecular flexibility index (Phi) is 4.63. The van der Waals surface area contributed by atoms with E-state index in [1.807, 2.05) is 0 Å². The maximum Gasteiger partial charge on any atom is 0.325 e. The highest BCUT2D eigenvalue weighted by atomic mass is 16.2. The van der Waals surface area contributed by atoms with Gasteiger partial charge in [0.25, 0.3) is 5.91 Å². The second-order valence-electron chi connectivity index (χ2n) is 7.24. The van der Waals surface area contributed by atoms with Gasteiger partial charge in [-0.25, -0.2) is 4.79 Å². The summed E-state index contributed by atoms with van der Waals surface area (Å²) in [5, 5.41) is 2.45. The van der Waals surface area contributed by atoms with E-state index in [0.717, 1.165) is 37.3 Å². The lowest BCUT2D eigenvalue weighted by molar-refractivity contribution is -0.136. The highest BCUT2D eigenvalue weighted by molar-refractivity contribution is 6.04. The van der Waals surface area contributed by atoms with E-state index < -0.39 is 6.03 Å². The molecule has 2 saturated heterocycles. The maximum absolute atomic E-state index is 12.5. The normalized spacial score (nSPS) is 21.7. The molecule has 2 heterocycles. The van der Waals surface area contributed by atoms with Crippen molar-refractivity contribution in [3.05, 3.63) is 35.4 Å². The van der Waals surface area contributed by atoms with Crippen LogP contribution in [0.15, 0.2) is 24.3 Å². The minimum absolute atomic E-state index is 0.0118. The van der Waals surface area contributed by atoms with Crippen LogP contribution in [-0.2, 0) is 22.4 Å². The van der Waals surface area contributed by atoms with Crippen molar-refractivity contribution in [2.45, 2.75) is 25.3 Å². The second-order valence-corrected chi connectivity index (χ2v) is 7.24. The molecule has 0 aromatic heterocycles. The van der Waals surface area contributed by atoms with Gasteiger partial charge in [0.2, 0.25) is 5.91 Å². The molecule has 2 aliphatic heterocycles. The molecule has 138 valence electrons. The number of imide groups is 1. The standard InChI is InChI=1S/C19H24N4O3/c24-17-12-20-19(26)23(17)13-18(25)22-7-3-6-21(8-9-22)16-10-14-4-1-2-5-15(14)11-16/h1-2,4-5,16H,3,6-13H2,(H,20,26). The summed E-state index contributed by atoms with van der Waals surface area (Å²) in [6, 6.07) is 8.65. The fourth-order valence-electron chi connectivity index (χ4n) is 4.20. The third-order valence-corrected chi connectivity index (χ3v) is 5.66. The quantitative estimate of drug-likeness (QED) is 0.788. The monoisotopic (exact) mass is 356 g/mol. The van der Waals surface area contributed by atoms with Crippen LogP contribution in [0.5, 0.6) is 0 Å². The number of fused-ring (bicyclic) bond motifs is 1. The third-order valence-electron chi connectivity index (χ3n) is 5.66. The van der Waals surface area contributed by atoms with Crippen molar-refractivity contribution in [2.75, 3.05) is 39.3 Å². The summed E-state index contributed by atoms with van der Waals surface area (Å²) in [6.45, 7) is 2.98. The molecule has 0 radical (unpaired) electrons. The average Bonchev–Trinajstić information content (AvgIpc) is 3.10. The first-order valence-corrected chi connectivity index (χ1v) is 9.28. The van der Waals surface area contributed by atoms with E-state index in [1.54, 1.807) is 4.90 Å². The molecule has 1 aliphatic carbocycles. The Bertz CT molecular complexity index is 694. The second kappa shape index (κ2) is 7.07. The summed E-state index contributed by atoms with van der Waals surface area (Å²) in [5.74, 6) is -0.476. The lowest BCUT2D eigenvalue weighted by Crippen LogP contribution is -2.45. The Morgan fingerprint density at radius 2 is 1.77 bits per heavy atom. The first kappa shape index (κ1) is 17.0. The van der Waals surface area contributed by atoms with Crippen molar-refractivity contribution in [1.82, 2.24) is 20.0 Å². The molecule has 1 aromatic rings. The average molecular weight is 356 g/mol. The fourth-order valence-corrected chi connectivity index (χ4v) is 4.20. The topological polar surface area (TPSA) is 73.0 Å². The van der Waals surface area contributed by atoms with Crippen molar-refractivity contribution in [3.8, 4) is 0 Å². The van der Waals surface area contributed by atoms with Gasteiger partial charge in [-0.3, -0.25) is 19.4 Å². The molecule has 4 amide bonds. The zero-order valence-electron chi connectivity index (χ0n) is 14.8. The molecule has 0 bridgehead atoms. The number of nitrogens with zero attached hydrogens (tertiary/aromatic N) is 3. The van der Waals surface area contributed by atoms with Crippen LogP contribution in [0.1, 0.15) is 17.5 Å². The smallest absolute Gasteiger partial charge is 0.325 e. The van der Waals surface area contributed by atoms with Gasteiger partial charge in [0.1, 0.15) is 6.54 Å². The van der Waals surface area contributed by atoms with Crippen LogP contribution < -0.4 is 5.32 Å². The van der Waals surface area contributed by atoms with Gasteiger partial charge in [0, 0.05) is 32.2 Å². The SMILES string of the molecule is O=C(CN1C(=O)CNC1=O)N1CCCN(C2Cc3ccccc3C2)CC1. The Balaban J connectivity index is 1.33. The van der Waals surface area contributed by atoms with Gasteiger partial charge in [0.15, 0.2) is 0 Å². The maximum atomic E-state index is 12.5. The van der Waals surface area contributed by atoms with Crippen molar-refractivity contribution >= 4 is 17.8 Å². The summed E-state index contributed by atoms with van der Waals surface area (Å²) < 4.78 is 0. The van der Waals surface area contributed by atoms with Crippen molar-refractivity contribution < 1.29 is 14.4 Å². The number of carbonyl (C=O) groups excluding carboxylic acids is 3. The van der Waals surface area contributed by atoms with E-state index in [2.05, 4.69) is 34.5 Å². The van der Waals surface area contributed by atoms with Gasteiger partial charge in [-0.05, 0) is 30.4 Å². The molecule has 0 unspecified atom stereocenters. The van der Waals surface area contributed by atoms with Crippen molar-refractivity contribution in [1.29, 1.82) is 0 Å². The number of hydrogen-bond donors (Lipinski definition) is 1. The van der Waals surface area contributed by atoms with Gasteiger partial charge < -0.3 is 10.2 Å². The summed E-state index contributed by atoms with van der Waals surface area (Å²) in [6.07, 6.45) is 3.07. The lowest BCUT2D eigenvalue weighted by Gasteiger charge is -2.27. The molecule has 1 aromatic carbocycles. The molecule has 0 saturated carbocycles. The Morgan fingerprint density at radius 3 is 2.42 bits per heavy atom. The third kappa shape index (κ3) is 3.31. The predicted octanol–water partition coefficient (Wildman–Crippen LogP) is 0.240. The molecule has 2 fully saturated rings. The number of rotatable bonds is 3. The highest BCUT2D eigenvalue weighted by Crippen LogP contribution is 2.26. The number of benzene rings is 1.